The van der Waals surface area contributed by atoms with Crippen molar-refractivity contribution in [2.24, 2.45) is 5.84 Å². The number of aromatic nitrogens is 2. The molecule has 0 bridgehead atoms. The summed E-state index contributed by atoms with van der Waals surface area (Å²) in [5, 5.41) is 0.577. The third-order valence-corrected chi connectivity index (χ3v) is 2.82. The number of hydrogen-bond acceptors (Lipinski definition) is 7. The van der Waals surface area contributed by atoms with Gasteiger partial charge in [0.15, 0.2) is 5.16 Å². The van der Waals surface area contributed by atoms with Gasteiger partial charge in [-0.3, -0.25) is 0 Å². The normalized spacial score (nSPS) is 10.1. The lowest BCUT2D eigenvalue weighted by Gasteiger charge is -2.08. The maximum absolute atomic E-state index is 5.67. The highest BCUT2D eigenvalue weighted by Gasteiger charge is 2.06. The number of methoxy groups -OCH3 is 1. The summed E-state index contributed by atoms with van der Waals surface area (Å²) < 4.78 is 10.8. The Morgan fingerprint density at radius 2 is 2.00 bits per heavy atom. The van der Waals surface area contributed by atoms with Crippen LogP contribution in [-0.2, 0) is 0 Å². The zero-order chi connectivity index (χ0) is 13.7. The smallest absolute Gasteiger partial charge is 0.225 e. The molecule has 0 unspecified atom stereocenters. The monoisotopic (exact) mass is 278 g/mol. The van der Waals surface area contributed by atoms with Crippen LogP contribution in [0.5, 0.6) is 17.4 Å². The number of rotatable bonds is 5. The highest BCUT2D eigenvalue weighted by Crippen LogP contribution is 2.26. The first-order chi connectivity index (χ1) is 9.25. The van der Waals surface area contributed by atoms with Gasteiger partial charge in [-0.15, -0.1) is 0 Å². The molecule has 2 aromatic rings. The standard InChI is InChI=1S/C12H14N4O2S/c1-17-8-4-3-5-9(6-8)18-11-7-10(16-13)14-12(15-11)19-2/h3-7H,13H2,1-2H3,(H,14,15,16). The molecule has 0 saturated carbocycles. The van der Waals surface area contributed by atoms with Crippen molar-refractivity contribution in [3.63, 3.8) is 0 Å². The van der Waals surface area contributed by atoms with Gasteiger partial charge in [-0.25, -0.2) is 10.8 Å². The van der Waals surface area contributed by atoms with E-state index in [9.17, 15) is 0 Å². The van der Waals surface area contributed by atoms with E-state index in [1.165, 1.54) is 11.8 Å². The number of benzene rings is 1. The van der Waals surface area contributed by atoms with Gasteiger partial charge in [-0.05, 0) is 18.4 Å². The Morgan fingerprint density at radius 3 is 2.68 bits per heavy atom. The molecule has 6 nitrogen and oxygen atoms in total. The number of anilines is 1. The fourth-order valence-electron chi connectivity index (χ4n) is 1.41. The predicted octanol–water partition coefficient (Wildman–Crippen LogP) is 2.29. The summed E-state index contributed by atoms with van der Waals surface area (Å²) in [5.41, 5.74) is 2.48. The van der Waals surface area contributed by atoms with Crippen molar-refractivity contribution in [1.29, 1.82) is 0 Å². The van der Waals surface area contributed by atoms with Crippen LogP contribution in [0.1, 0.15) is 0 Å². The third kappa shape index (κ3) is 3.49. The van der Waals surface area contributed by atoms with E-state index in [1.807, 2.05) is 24.5 Å². The minimum absolute atomic E-state index is 0.417. The molecule has 0 saturated heterocycles. The molecule has 1 heterocycles. The van der Waals surface area contributed by atoms with Crippen LogP contribution in [0.3, 0.4) is 0 Å². The summed E-state index contributed by atoms with van der Waals surface area (Å²) in [6, 6.07) is 8.90. The van der Waals surface area contributed by atoms with Crippen LogP contribution in [0.4, 0.5) is 5.82 Å². The van der Waals surface area contributed by atoms with Crippen LogP contribution in [-0.4, -0.2) is 23.3 Å². The zero-order valence-corrected chi connectivity index (χ0v) is 11.4. The third-order valence-electron chi connectivity index (χ3n) is 2.28. The molecule has 1 aromatic carbocycles. The maximum atomic E-state index is 5.67. The van der Waals surface area contributed by atoms with Gasteiger partial charge in [-0.2, -0.15) is 4.98 Å². The van der Waals surface area contributed by atoms with Gasteiger partial charge < -0.3 is 14.9 Å². The lowest BCUT2D eigenvalue weighted by Crippen LogP contribution is -2.09. The van der Waals surface area contributed by atoms with Crippen LogP contribution < -0.4 is 20.7 Å². The van der Waals surface area contributed by atoms with E-state index < -0.39 is 0 Å². The molecular weight excluding hydrogens is 264 g/mol. The molecule has 0 amide bonds. The first-order valence-corrected chi connectivity index (χ1v) is 6.69. The number of hydrogen-bond donors (Lipinski definition) is 2. The van der Waals surface area contributed by atoms with E-state index in [1.54, 1.807) is 19.2 Å². The first kappa shape index (κ1) is 13.4. The largest absolute Gasteiger partial charge is 0.497 e. The molecule has 0 spiro atoms. The highest BCUT2D eigenvalue weighted by atomic mass is 32.2. The van der Waals surface area contributed by atoms with Crippen LogP contribution in [0.2, 0.25) is 0 Å². The van der Waals surface area contributed by atoms with Crippen molar-refractivity contribution >= 4 is 17.6 Å². The van der Waals surface area contributed by atoms with Crippen LogP contribution in [0.25, 0.3) is 0 Å². The Hall–Kier alpha value is -1.99. The number of thioether (sulfide) groups is 1. The second-order valence-electron chi connectivity index (χ2n) is 3.50. The van der Waals surface area contributed by atoms with E-state index in [-0.39, 0.29) is 0 Å². The molecule has 0 aliphatic rings. The number of ether oxygens (including phenoxy) is 2. The predicted molar refractivity (Wildman–Crippen MR) is 74.7 cm³/mol. The van der Waals surface area contributed by atoms with Gasteiger partial charge >= 0.3 is 0 Å². The average molecular weight is 278 g/mol. The summed E-state index contributed by atoms with van der Waals surface area (Å²) in [7, 11) is 1.60. The molecule has 100 valence electrons. The molecule has 0 aliphatic carbocycles. The zero-order valence-electron chi connectivity index (χ0n) is 10.6. The van der Waals surface area contributed by atoms with Crippen LogP contribution in [0, 0.1) is 0 Å². The van der Waals surface area contributed by atoms with Crippen LogP contribution >= 0.6 is 11.8 Å². The van der Waals surface area contributed by atoms with Crippen molar-refractivity contribution in [1.82, 2.24) is 9.97 Å². The second kappa shape index (κ2) is 6.26. The highest BCUT2D eigenvalue weighted by molar-refractivity contribution is 7.98. The van der Waals surface area contributed by atoms with Crippen molar-refractivity contribution in [2.75, 3.05) is 18.8 Å². The van der Waals surface area contributed by atoms with Gasteiger partial charge in [0, 0.05) is 12.1 Å². The molecule has 3 N–H and O–H groups in total. The summed E-state index contributed by atoms with van der Waals surface area (Å²) in [4.78, 5) is 8.40. The quantitative estimate of drug-likeness (QED) is 0.376. The Morgan fingerprint density at radius 1 is 1.21 bits per heavy atom. The van der Waals surface area contributed by atoms with Gasteiger partial charge in [0.25, 0.3) is 0 Å². The topological polar surface area (TPSA) is 82.3 Å². The Labute approximate surface area is 115 Å². The molecule has 0 atom stereocenters. The minimum atomic E-state index is 0.417. The van der Waals surface area contributed by atoms with Crippen molar-refractivity contribution < 1.29 is 9.47 Å². The second-order valence-corrected chi connectivity index (χ2v) is 4.28. The fourth-order valence-corrected chi connectivity index (χ4v) is 1.78. The summed E-state index contributed by atoms with van der Waals surface area (Å²) >= 11 is 1.41. The van der Waals surface area contributed by atoms with Gasteiger partial charge in [0.2, 0.25) is 5.88 Å². The van der Waals surface area contributed by atoms with Gasteiger partial charge in [0.1, 0.15) is 17.3 Å². The van der Waals surface area contributed by atoms with E-state index in [0.29, 0.717) is 28.4 Å². The van der Waals surface area contributed by atoms with Gasteiger partial charge in [0.05, 0.1) is 7.11 Å². The van der Waals surface area contributed by atoms with Gasteiger partial charge in [-0.1, -0.05) is 17.8 Å². The fraction of sp³-hybridized carbons (Fsp3) is 0.167. The Balaban J connectivity index is 2.26. The van der Waals surface area contributed by atoms with E-state index >= 15 is 0 Å². The average Bonchev–Trinajstić information content (AvgIpc) is 2.47. The van der Waals surface area contributed by atoms with Crippen molar-refractivity contribution in [3.05, 3.63) is 30.3 Å². The molecule has 2 rings (SSSR count). The van der Waals surface area contributed by atoms with Crippen LogP contribution in [0.15, 0.2) is 35.5 Å². The molecular formula is C12H14N4O2S. The summed E-state index contributed by atoms with van der Waals surface area (Å²) in [6.07, 6.45) is 1.88. The number of hydrazine groups is 1. The molecule has 1 aromatic heterocycles. The molecule has 7 heteroatoms. The Bertz CT molecular complexity index is 543. The number of nitrogens with zero attached hydrogens (tertiary/aromatic N) is 2. The Kier molecular flexibility index (Phi) is 4.43. The number of nitrogens with one attached hydrogen (secondary N) is 1. The van der Waals surface area contributed by atoms with Crippen molar-refractivity contribution in [3.8, 4) is 17.4 Å². The first-order valence-electron chi connectivity index (χ1n) is 5.46. The van der Waals surface area contributed by atoms with E-state index in [2.05, 4.69) is 15.4 Å². The summed E-state index contributed by atoms with van der Waals surface area (Å²) in [6.45, 7) is 0. The number of nitrogen functional groups attached to an aromatic ring is 1. The molecule has 19 heavy (non-hydrogen) atoms. The lowest BCUT2D eigenvalue weighted by atomic mass is 10.3. The summed E-state index contributed by atoms with van der Waals surface area (Å²) in [5.74, 6) is 7.62. The molecule has 0 aliphatic heterocycles. The van der Waals surface area contributed by atoms with E-state index in [0.717, 1.165) is 0 Å². The molecule has 0 fully saturated rings. The van der Waals surface area contributed by atoms with Crippen molar-refractivity contribution in [2.45, 2.75) is 5.16 Å². The maximum Gasteiger partial charge on any atom is 0.225 e. The SMILES string of the molecule is COc1cccc(Oc2cc(NN)nc(SC)n2)c1. The minimum Gasteiger partial charge on any atom is -0.497 e. The molecule has 0 radical (unpaired) electrons. The lowest BCUT2D eigenvalue weighted by molar-refractivity contribution is 0.406. The van der Waals surface area contributed by atoms with E-state index in [4.69, 9.17) is 15.3 Å². The number of nitrogens with two attached hydrogens (primary N) is 1.